The van der Waals surface area contributed by atoms with Crippen LogP contribution in [0.1, 0.15) is 25.5 Å². The van der Waals surface area contributed by atoms with Gasteiger partial charge in [-0.05, 0) is 67.9 Å². The molecule has 0 aliphatic rings. The Morgan fingerprint density at radius 3 is 2.33 bits per heavy atom. The SMILES string of the molecule is CCCCOc1ccc(-c2cc(C)nn2-c2ccc(S(N)(=O)=O)cc2)cc1. The highest BCUT2D eigenvalue weighted by atomic mass is 32.2. The smallest absolute Gasteiger partial charge is 0.238 e. The zero-order valence-corrected chi connectivity index (χ0v) is 16.2. The van der Waals surface area contributed by atoms with Crippen molar-refractivity contribution in [2.24, 2.45) is 5.14 Å². The highest BCUT2D eigenvalue weighted by Crippen LogP contribution is 2.26. The first-order chi connectivity index (χ1) is 12.9. The van der Waals surface area contributed by atoms with Gasteiger partial charge in [0.1, 0.15) is 5.75 Å². The first kappa shape index (κ1) is 19.1. The molecule has 0 aliphatic carbocycles. The number of primary sulfonamides is 1. The minimum atomic E-state index is -3.72. The Bertz CT molecular complexity index is 1010. The lowest BCUT2D eigenvalue weighted by molar-refractivity contribution is 0.309. The number of unbranched alkanes of at least 4 members (excludes halogenated alkanes) is 1. The molecule has 142 valence electrons. The van der Waals surface area contributed by atoms with Gasteiger partial charge < -0.3 is 4.74 Å². The maximum Gasteiger partial charge on any atom is 0.238 e. The van der Waals surface area contributed by atoms with E-state index in [-0.39, 0.29) is 4.90 Å². The minimum absolute atomic E-state index is 0.0743. The summed E-state index contributed by atoms with van der Waals surface area (Å²) in [5.74, 6) is 0.840. The number of nitrogens with two attached hydrogens (primary N) is 1. The molecule has 0 spiro atoms. The number of aryl methyl sites for hydroxylation is 1. The lowest BCUT2D eigenvalue weighted by Crippen LogP contribution is -2.12. The van der Waals surface area contributed by atoms with E-state index in [4.69, 9.17) is 9.88 Å². The summed E-state index contributed by atoms with van der Waals surface area (Å²) in [5.41, 5.74) is 3.53. The highest BCUT2D eigenvalue weighted by molar-refractivity contribution is 7.89. The summed E-state index contributed by atoms with van der Waals surface area (Å²) in [6, 6.07) is 16.2. The lowest BCUT2D eigenvalue weighted by Gasteiger charge is -2.10. The van der Waals surface area contributed by atoms with Crippen molar-refractivity contribution in [1.82, 2.24) is 9.78 Å². The van der Waals surface area contributed by atoms with Gasteiger partial charge in [-0.15, -0.1) is 0 Å². The molecule has 3 aromatic rings. The zero-order chi connectivity index (χ0) is 19.4. The molecule has 0 bridgehead atoms. The van der Waals surface area contributed by atoms with Crippen LogP contribution in [-0.2, 0) is 10.0 Å². The molecule has 2 aromatic carbocycles. The quantitative estimate of drug-likeness (QED) is 0.629. The zero-order valence-electron chi connectivity index (χ0n) is 15.4. The number of sulfonamides is 1. The normalized spacial score (nSPS) is 11.5. The van der Waals surface area contributed by atoms with Gasteiger partial charge in [-0.3, -0.25) is 0 Å². The van der Waals surface area contributed by atoms with Crippen molar-refractivity contribution in [3.63, 3.8) is 0 Å². The predicted octanol–water partition coefficient (Wildman–Crippen LogP) is 3.67. The Morgan fingerprint density at radius 1 is 1.07 bits per heavy atom. The molecular weight excluding hydrogens is 362 g/mol. The molecule has 27 heavy (non-hydrogen) atoms. The van der Waals surface area contributed by atoms with Crippen molar-refractivity contribution in [3.8, 4) is 22.7 Å². The number of aromatic nitrogens is 2. The van der Waals surface area contributed by atoms with Gasteiger partial charge in [0.25, 0.3) is 0 Å². The van der Waals surface area contributed by atoms with Gasteiger partial charge in [-0.25, -0.2) is 18.2 Å². The molecule has 6 nitrogen and oxygen atoms in total. The Hall–Kier alpha value is -2.64. The van der Waals surface area contributed by atoms with Gasteiger partial charge in [-0.1, -0.05) is 13.3 Å². The Labute approximate surface area is 159 Å². The molecule has 1 heterocycles. The summed E-state index contributed by atoms with van der Waals surface area (Å²) < 4.78 is 30.4. The van der Waals surface area contributed by atoms with Gasteiger partial charge in [0.2, 0.25) is 10.0 Å². The molecule has 0 saturated carbocycles. The van der Waals surface area contributed by atoms with E-state index in [1.54, 1.807) is 16.8 Å². The number of ether oxygens (including phenoxy) is 1. The van der Waals surface area contributed by atoms with Gasteiger partial charge in [0.05, 0.1) is 28.6 Å². The Balaban J connectivity index is 1.90. The van der Waals surface area contributed by atoms with Crippen molar-refractivity contribution >= 4 is 10.0 Å². The molecule has 0 unspecified atom stereocenters. The second-order valence-electron chi connectivity index (χ2n) is 6.35. The molecule has 7 heteroatoms. The van der Waals surface area contributed by atoms with Gasteiger partial charge in [0.15, 0.2) is 0 Å². The van der Waals surface area contributed by atoms with Crippen LogP contribution in [0.25, 0.3) is 16.9 Å². The van der Waals surface area contributed by atoms with E-state index in [9.17, 15) is 8.42 Å². The van der Waals surface area contributed by atoms with Crippen molar-refractivity contribution in [2.45, 2.75) is 31.6 Å². The average Bonchev–Trinajstić information content (AvgIpc) is 3.04. The van der Waals surface area contributed by atoms with Crippen LogP contribution in [0.5, 0.6) is 5.75 Å². The van der Waals surface area contributed by atoms with E-state index in [1.807, 2.05) is 37.3 Å². The maximum absolute atomic E-state index is 11.4. The van der Waals surface area contributed by atoms with E-state index < -0.39 is 10.0 Å². The first-order valence-corrected chi connectivity index (χ1v) is 10.4. The third kappa shape index (κ3) is 4.56. The van der Waals surface area contributed by atoms with Crippen molar-refractivity contribution in [2.75, 3.05) is 6.61 Å². The number of benzene rings is 2. The maximum atomic E-state index is 11.4. The summed E-state index contributed by atoms with van der Waals surface area (Å²) in [4.78, 5) is 0.0743. The Kier molecular flexibility index (Phi) is 5.62. The monoisotopic (exact) mass is 385 g/mol. The second-order valence-corrected chi connectivity index (χ2v) is 7.91. The van der Waals surface area contributed by atoms with Crippen LogP contribution in [-0.4, -0.2) is 24.8 Å². The van der Waals surface area contributed by atoms with E-state index >= 15 is 0 Å². The summed E-state index contributed by atoms with van der Waals surface area (Å²) in [6.45, 7) is 4.76. The minimum Gasteiger partial charge on any atom is -0.494 e. The molecule has 1 aromatic heterocycles. The van der Waals surface area contributed by atoms with Gasteiger partial charge >= 0.3 is 0 Å². The van der Waals surface area contributed by atoms with Crippen LogP contribution in [0.3, 0.4) is 0 Å². The van der Waals surface area contributed by atoms with Crippen molar-refractivity contribution in [3.05, 3.63) is 60.3 Å². The van der Waals surface area contributed by atoms with Crippen LogP contribution in [0.15, 0.2) is 59.5 Å². The fourth-order valence-corrected chi connectivity index (χ4v) is 3.25. The third-order valence-corrected chi connectivity index (χ3v) is 5.09. The predicted molar refractivity (Wildman–Crippen MR) is 106 cm³/mol. The van der Waals surface area contributed by atoms with Crippen LogP contribution < -0.4 is 9.88 Å². The van der Waals surface area contributed by atoms with E-state index in [1.165, 1.54) is 12.1 Å². The average molecular weight is 385 g/mol. The number of hydrogen-bond donors (Lipinski definition) is 1. The van der Waals surface area contributed by atoms with Crippen molar-refractivity contribution < 1.29 is 13.2 Å². The van der Waals surface area contributed by atoms with Gasteiger partial charge in [0, 0.05) is 5.56 Å². The fraction of sp³-hybridized carbons (Fsp3) is 0.250. The third-order valence-electron chi connectivity index (χ3n) is 4.16. The highest BCUT2D eigenvalue weighted by Gasteiger charge is 2.12. The molecule has 0 amide bonds. The van der Waals surface area contributed by atoms with E-state index in [2.05, 4.69) is 12.0 Å². The van der Waals surface area contributed by atoms with Crippen LogP contribution in [0, 0.1) is 6.92 Å². The molecule has 0 aliphatic heterocycles. The standard InChI is InChI=1S/C20H23N3O3S/c1-3-4-13-26-18-9-5-16(6-10-18)20-14-15(2)22-23(20)17-7-11-19(12-8-17)27(21,24)25/h5-12,14H,3-4,13H2,1-2H3,(H2,21,24,25). The largest absolute Gasteiger partial charge is 0.494 e. The summed E-state index contributed by atoms with van der Waals surface area (Å²) >= 11 is 0. The second kappa shape index (κ2) is 7.94. The van der Waals surface area contributed by atoms with Gasteiger partial charge in [-0.2, -0.15) is 5.10 Å². The molecule has 2 N–H and O–H groups in total. The van der Waals surface area contributed by atoms with E-state index in [0.29, 0.717) is 6.61 Å². The van der Waals surface area contributed by atoms with E-state index in [0.717, 1.165) is 41.2 Å². The summed E-state index contributed by atoms with van der Waals surface area (Å²) in [6.07, 6.45) is 2.13. The molecule has 3 rings (SSSR count). The molecular formula is C20H23N3O3S. The fourth-order valence-electron chi connectivity index (χ4n) is 2.74. The van der Waals surface area contributed by atoms with Crippen LogP contribution >= 0.6 is 0 Å². The topological polar surface area (TPSA) is 87.2 Å². The molecule has 0 atom stereocenters. The number of nitrogens with zero attached hydrogens (tertiary/aromatic N) is 2. The van der Waals surface area contributed by atoms with Crippen LogP contribution in [0.4, 0.5) is 0 Å². The molecule has 0 fully saturated rings. The number of rotatable bonds is 7. The summed E-state index contributed by atoms with van der Waals surface area (Å²) in [7, 11) is -3.72. The molecule has 0 saturated heterocycles. The molecule has 0 radical (unpaired) electrons. The summed E-state index contributed by atoms with van der Waals surface area (Å²) in [5, 5.41) is 9.70. The van der Waals surface area contributed by atoms with Crippen molar-refractivity contribution in [1.29, 1.82) is 0 Å². The Morgan fingerprint density at radius 2 is 1.74 bits per heavy atom. The van der Waals surface area contributed by atoms with Crippen LogP contribution in [0.2, 0.25) is 0 Å². The lowest BCUT2D eigenvalue weighted by atomic mass is 10.1. The first-order valence-electron chi connectivity index (χ1n) is 8.81. The number of hydrogen-bond acceptors (Lipinski definition) is 4.